The molecule has 4 aromatic rings. The number of hydrogen-bond acceptors (Lipinski definition) is 9. The number of nitrogens with one attached hydrogen (secondary N) is 1. The number of tetrazole rings is 1. The van der Waals surface area contributed by atoms with Crippen LogP contribution in [0.25, 0.3) is 5.57 Å². The van der Waals surface area contributed by atoms with E-state index in [1.807, 2.05) is 66.7 Å². The van der Waals surface area contributed by atoms with Gasteiger partial charge in [0.1, 0.15) is 17.2 Å². The molecule has 1 saturated heterocycles. The highest BCUT2D eigenvalue weighted by atomic mass is 32.2. The van der Waals surface area contributed by atoms with E-state index >= 15 is 0 Å². The van der Waals surface area contributed by atoms with E-state index in [0.29, 0.717) is 16.9 Å². The van der Waals surface area contributed by atoms with Gasteiger partial charge in [0, 0.05) is 7.05 Å². The van der Waals surface area contributed by atoms with Crippen LogP contribution in [-0.4, -0.2) is 70.7 Å². The number of β-lactam (4-membered cyclic amide) rings is 1. The molecule has 6 rings (SSSR count). The van der Waals surface area contributed by atoms with Crippen LogP contribution < -0.4 is 10.1 Å². The molecule has 3 heterocycles. The lowest BCUT2D eigenvalue weighted by molar-refractivity contribution is -0.159. The smallest absolute Gasteiger partial charge is 0.356 e. The lowest BCUT2D eigenvalue weighted by Crippen LogP contribution is -2.82. The summed E-state index contributed by atoms with van der Waals surface area (Å²) in [4.78, 5) is 42.3. The van der Waals surface area contributed by atoms with Crippen LogP contribution in [0.4, 0.5) is 0 Å². The fourth-order valence-electron chi connectivity index (χ4n) is 5.44. The number of ether oxygens (including phenoxy) is 2. The number of amides is 2. The Bertz CT molecular complexity index is 1730. The summed E-state index contributed by atoms with van der Waals surface area (Å²) in [5.41, 5.74) is -0.332. The van der Waals surface area contributed by atoms with E-state index in [-0.39, 0.29) is 22.8 Å². The van der Waals surface area contributed by atoms with Gasteiger partial charge in [-0.15, -0.1) is 5.10 Å². The van der Waals surface area contributed by atoms with E-state index < -0.39 is 52.6 Å². The number of benzene rings is 3. The van der Waals surface area contributed by atoms with Crippen molar-refractivity contribution in [2.24, 2.45) is 7.05 Å². The van der Waals surface area contributed by atoms with Gasteiger partial charge in [-0.1, -0.05) is 85.4 Å². The zero-order chi connectivity index (χ0) is 31.6. The Morgan fingerprint density at radius 3 is 2.22 bits per heavy atom. The molecule has 0 spiro atoms. The number of aryl methyl sites for hydroxylation is 1. The van der Waals surface area contributed by atoms with Crippen molar-refractivity contribution in [1.82, 2.24) is 30.4 Å². The summed E-state index contributed by atoms with van der Waals surface area (Å²) in [7, 11) is 1.57. The maximum Gasteiger partial charge on any atom is 0.356 e. The third-order valence-corrected chi connectivity index (χ3v) is 9.21. The molecule has 2 amide bonds. The summed E-state index contributed by atoms with van der Waals surface area (Å²) in [6.45, 7) is 3.38. The van der Waals surface area contributed by atoms with Gasteiger partial charge in [0.2, 0.25) is 10.9 Å². The fourth-order valence-corrected chi connectivity index (χ4v) is 7.25. The van der Waals surface area contributed by atoms with E-state index in [0.717, 1.165) is 4.90 Å². The molecule has 0 bridgehead atoms. The van der Waals surface area contributed by atoms with Crippen molar-refractivity contribution in [3.05, 3.63) is 126 Å². The van der Waals surface area contributed by atoms with Gasteiger partial charge in [0.15, 0.2) is 18.5 Å². The Kier molecular flexibility index (Phi) is 8.20. The summed E-state index contributed by atoms with van der Waals surface area (Å²) < 4.78 is 26.8. The number of fused-ring (bicyclic) bond motifs is 1. The second kappa shape index (κ2) is 12.4. The predicted octanol–water partition coefficient (Wildman–Crippen LogP) is 2.30. The fraction of sp³-hybridized carbons (Fsp3) is 0.188. The zero-order valence-electron chi connectivity index (χ0n) is 24.1. The SMILES string of the molecule is C=CC1(NC(=O)COc2ccccc2)C(=O)N2C(C(=O)OC(c3ccccc3)c3ccccc3)=C(c3nnnn3C)C[S+]([O-])[C@H]21. The number of esters is 1. The second-order valence-electron chi connectivity index (χ2n) is 10.3. The molecule has 0 aliphatic carbocycles. The number of carbonyl (C=O) groups is 3. The van der Waals surface area contributed by atoms with Crippen molar-refractivity contribution in [3.8, 4) is 5.75 Å². The second-order valence-corrected chi connectivity index (χ2v) is 11.8. The van der Waals surface area contributed by atoms with Crippen molar-refractivity contribution >= 4 is 34.5 Å². The lowest BCUT2D eigenvalue weighted by atomic mass is 9.86. The maximum absolute atomic E-state index is 14.2. The standard InChI is InChI=1S/C32H28N6O6S/c1-3-32(33-25(39)19-43-23-17-11-6-12-18-23)30(41)38-26(24(20-45(42)31(32)38)28-34-35-36-37(28)2)29(40)44-27(21-13-7-4-8-14-21)22-15-9-5-10-16-22/h3-18,27,31H,1,19-20H2,2H3,(H,33,39)/t31-,32?,45?/m0/s1. The minimum Gasteiger partial charge on any atom is -0.614 e. The molecule has 45 heavy (non-hydrogen) atoms. The van der Waals surface area contributed by atoms with E-state index in [4.69, 9.17) is 9.47 Å². The van der Waals surface area contributed by atoms with Crippen molar-refractivity contribution in [2.45, 2.75) is 17.0 Å². The molecule has 2 unspecified atom stereocenters. The Morgan fingerprint density at radius 1 is 1.07 bits per heavy atom. The van der Waals surface area contributed by atoms with E-state index in [1.54, 1.807) is 31.3 Å². The van der Waals surface area contributed by atoms with Crippen LogP contribution in [0.2, 0.25) is 0 Å². The van der Waals surface area contributed by atoms with Crippen LogP contribution in [0, 0.1) is 0 Å². The maximum atomic E-state index is 14.2. The average molecular weight is 625 g/mol. The topological polar surface area (TPSA) is 152 Å². The first-order valence-electron chi connectivity index (χ1n) is 13.9. The highest BCUT2D eigenvalue weighted by molar-refractivity contribution is 7.92. The average Bonchev–Trinajstić information content (AvgIpc) is 3.51. The molecule has 13 heteroatoms. The Balaban J connectivity index is 1.35. The Hall–Kier alpha value is -5.27. The van der Waals surface area contributed by atoms with Crippen LogP contribution in [0.3, 0.4) is 0 Å². The number of rotatable bonds is 10. The van der Waals surface area contributed by atoms with Crippen molar-refractivity contribution in [2.75, 3.05) is 12.4 Å². The van der Waals surface area contributed by atoms with Gasteiger partial charge in [0.25, 0.3) is 11.8 Å². The van der Waals surface area contributed by atoms with Crippen LogP contribution >= 0.6 is 0 Å². The van der Waals surface area contributed by atoms with Gasteiger partial charge < -0.3 is 19.3 Å². The minimum atomic E-state index is -1.82. The summed E-state index contributed by atoms with van der Waals surface area (Å²) in [6, 6.07) is 27.0. The summed E-state index contributed by atoms with van der Waals surface area (Å²) in [5.74, 6) is -1.77. The molecule has 2 aliphatic rings. The molecule has 1 fully saturated rings. The normalized spacial score (nSPS) is 20.7. The molecule has 0 saturated carbocycles. The number of nitrogens with zero attached hydrogens (tertiary/aromatic N) is 5. The molecule has 228 valence electrons. The number of carbonyl (C=O) groups excluding carboxylic acids is 3. The Labute approximate surface area is 261 Å². The molecular weight excluding hydrogens is 596 g/mol. The van der Waals surface area contributed by atoms with Crippen LogP contribution in [0.15, 0.2) is 109 Å². The Morgan fingerprint density at radius 2 is 1.67 bits per heavy atom. The zero-order valence-corrected chi connectivity index (χ0v) is 24.9. The van der Waals surface area contributed by atoms with Crippen LogP contribution in [0.5, 0.6) is 5.75 Å². The third-order valence-electron chi connectivity index (χ3n) is 7.55. The highest BCUT2D eigenvalue weighted by Gasteiger charge is 2.70. The summed E-state index contributed by atoms with van der Waals surface area (Å²) >= 11 is -1.82. The molecule has 3 atom stereocenters. The monoisotopic (exact) mass is 624 g/mol. The van der Waals surface area contributed by atoms with Crippen molar-refractivity contribution < 1.29 is 28.4 Å². The number of aromatic nitrogens is 4. The van der Waals surface area contributed by atoms with Crippen LogP contribution in [0.1, 0.15) is 23.1 Å². The molecule has 3 aromatic carbocycles. The van der Waals surface area contributed by atoms with Crippen LogP contribution in [-0.2, 0) is 37.3 Å². The number of para-hydroxylation sites is 1. The molecule has 12 nitrogen and oxygen atoms in total. The molecule has 1 aromatic heterocycles. The van der Waals surface area contributed by atoms with Gasteiger partial charge in [0.05, 0.1) is 5.57 Å². The predicted molar refractivity (Wildman–Crippen MR) is 163 cm³/mol. The summed E-state index contributed by atoms with van der Waals surface area (Å²) in [6.07, 6.45) is 0.413. The lowest BCUT2D eigenvalue weighted by Gasteiger charge is -2.55. The molecular formula is C32H28N6O6S. The molecule has 0 radical (unpaired) electrons. The highest BCUT2D eigenvalue weighted by Crippen LogP contribution is 2.46. The van der Waals surface area contributed by atoms with Gasteiger partial charge in [-0.3, -0.25) is 14.5 Å². The van der Waals surface area contributed by atoms with Gasteiger partial charge in [-0.05, 0) is 50.9 Å². The van der Waals surface area contributed by atoms with Crippen molar-refractivity contribution in [1.29, 1.82) is 0 Å². The first kappa shape index (κ1) is 29.8. The van der Waals surface area contributed by atoms with Gasteiger partial charge in [-0.2, -0.15) is 0 Å². The van der Waals surface area contributed by atoms with E-state index in [1.165, 1.54) is 10.8 Å². The van der Waals surface area contributed by atoms with Gasteiger partial charge in [-0.25, -0.2) is 9.48 Å². The largest absolute Gasteiger partial charge is 0.614 e. The first-order chi connectivity index (χ1) is 21.8. The van der Waals surface area contributed by atoms with E-state index in [9.17, 15) is 18.9 Å². The van der Waals surface area contributed by atoms with Crippen molar-refractivity contribution in [3.63, 3.8) is 0 Å². The van der Waals surface area contributed by atoms with Gasteiger partial charge >= 0.3 is 5.97 Å². The first-order valence-corrected chi connectivity index (χ1v) is 15.3. The van der Waals surface area contributed by atoms with E-state index in [2.05, 4.69) is 27.4 Å². The molecule has 1 N–H and O–H groups in total. The molecule has 2 aliphatic heterocycles. The third kappa shape index (κ3) is 5.47. The minimum absolute atomic E-state index is 0.147. The quantitative estimate of drug-likeness (QED) is 0.121. The number of hydrogen-bond donors (Lipinski definition) is 1. The summed E-state index contributed by atoms with van der Waals surface area (Å²) in [5, 5.41) is 13.1.